The Morgan fingerprint density at radius 3 is 2.31 bits per heavy atom. The highest BCUT2D eigenvalue weighted by molar-refractivity contribution is 6.64. The number of hydrogen-bond donors (Lipinski definition) is 0. The van der Waals surface area contributed by atoms with Gasteiger partial charge in [0, 0.05) is 10.8 Å². The van der Waals surface area contributed by atoms with Crippen molar-refractivity contribution in [3.05, 3.63) is 11.6 Å². The van der Waals surface area contributed by atoms with Crippen LogP contribution >= 0.6 is 11.6 Å². The average molecular weight is 456 g/mol. The Bertz CT molecular complexity index is 961. The molecule has 4 fully saturated rings. The minimum absolute atomic E-state index is 0.0278. The van der Waals surface area contributed by atoms with Crippen LogP contribution < -0.4 is 0 Å². The Morgan fingerprint density at radius 2 is 1.66 bits per heavy atom. The SMILES string of the molecule is CC1(C)C(=O)C(C#N)=CC2(C)C1CC[C@]1(C)C2CCC2C3CCCC3(C(=O)Cl)CC[C@]21C. The minimum atomic E-state index is -0.494. The highest BCUT2D eigenvalue weighted by atomic mass is 35.5. The summed E-state index contributed by atoms with van der Waals surface area (Å²) in [5, 5.41) is 9.71. The topological polar surface area (TPSA) is 57.9 Å². The van der Waals surface area contributed by atoms with E-state index in [0.717, 1.165) is 57.8 Å². The first-order valence-corrected chi connectivity index (χ1v) is 13.1. The summed E-state index contributed by atoms with van der Waals surface area (Å²) >= 11 is 6.28. The van der Waals surface area contributed by atoms with Crippen molar-refractivity contribution in [1.82, 2.24) is 0 Å². The number of ketones is 1. The molecule has 0 radical (unpaired) electrons. The second kappa shape index (κ2) is 6.71. The number of Topliss-reactive ketones (excluding diaryl/α,β-unsaturated/α-hetero) is 1. The van der Waals surface area contributed by atoms with E-state index in [2.05, 4.69) is 46.8 Å². The fourth-order valence-electron chi connectivity index (χ4n) is 10.5. The summed E-state index contributed by atoms with van der Waals surface area (Å²) in [5.74, 6) is 1.72. The van der Waals surface area contributed by atoms with Gasteiger partial charge in [0.05, 0.1) is 5.57 Å². The fraction of sp³-hybridized carbons (Fsp3) is 0.821. The van der Waals surface area contributed by atoms with Gasteiger partial charge in [-0.3, -0.25) is 9.59 Å². The van der Waals surface area contributed by atoms with E-state index in [1.54, 1.807) is 0 Å². The molecule has 0 heterocycles. The Morgan fingerprint density at radius 1 is 0.938 bits per heavy atom. The molecule has 4 saturated carbocycles. The van der Waals surface area contributed by atoms with Crippen LogP contribution in [0, 0.1) is 62.1 Å². The predicted octanol–water partition coefficient (Wildman–Crippen LogP) is 6.85. The van der Waals surface area contributed by atoms with E-state index < -0.39 is 5.41 Å². The summed E-state index contributed by atoms with van der Waals surface area (Å²) in [6.45, 7) is 11.5. The molecule has 6 unspecified atom stereocenters. The van der Waals surface area contributed by atoms with Crippen LogP contribution in [-0.2, 0) is 9.59 Å². The van der Waals surface area contributed by atoms with E-state index in [0.29, 0.717) is 23.3 Å². The molecule has 0 spiro atoms. The highest BCUT2D eigenvalue weighted by Crippen LogP contribution is 2.76. The maximum Gasteiger partial charge on any atom is 0.228 e. The van der Waals surface area contributed by atoms with E-state index in [4.69, 9.17) is 11.6 Å². The largest absolute Gasteiger partial charge is 0.293 e. The lowest BCUT2D eigenvalue weighted by atomic mass is 9.33. The first-order chi connectivity index (χ1) is 14.9. The van der Waals surface area contributed by atoms with Crippen LogP contribution in [0.3, 0.4) is 0 Å². The maximum absolute atomic E-state index is 13.1. The molecule has 174 valence electrons. The monoisotopic (exact) mass is 455 g/mol. The van der Waals surface area contributed by atoms with E-state index in [9.17, 15) is 14.9 Å². The third-order valence-electron chi connectivity index (χ3n) is 12.2. The van der Waals surface area contributed by atoms with E-state index in [1.165, 1.54) is 0 Å². The zero-order valence-electron chi connectivity index (χ0n) is 20.4. The van der Waals surface area contributed by atoms with Gasteiger partial charge in [-0.2, -0.15) is 5.26 Å². The molecule has 0 aromatic heterocycles. The first-order valence-electron chi connectivity index (χ1n) is 12.8. The minimum Gasteiger partial charge on any atom is -0.293 e. The van der Waals surface area contributed by atoms with Gasteiger partial charge in [-0.05, 0) is 103 Å². The van der Waals surface area contributed by atoms with Gasteiger partial charge in [0.2, 0.25) is 5.24 Å². The zero-order valence-corrected chi connectivity index (χ0v) is 21.1. The Labute approximate surface area is 198 Å². The maximum atomic E-state index is 13.1. The van der Waals surface area contributed by atoms with Gasteiger partial charge in [0.25, 0.3) is 0 Å². The van der Waals surface area contributed by atoms with Crippen molar-refractivity contribution >= 4 is 22.6 Å². The van der Waals surface area contributed by atoms with E-state index in [1.807, 2.05) is 0 Å². The standard InChI is InChI=1S/C28H38ClNO2/c1-24(2)20-10-12-27(5)21(25(20,3)15-17(16-30)22(24)31)9-8-18-19-7-6-11-28(19,23(29)32)14-13-26(18,27)4/h15,18-21H,6-14H2,1-5H3/t18?,19?,20?,21?,25?,26-,27-,28?/m1/s1. The lowest BCUT2D eigenvalue weighted by Crippen LogP contribution is -2.65. The zero-order chi connectivity index (χ0) is 23.3. The van der Waals surface area contributed by atoms with Crippen LogP contribution in [0.4, 0.5) is 0 Å². The number of fused-ring (bicyclic) bond motifs is 7. The number of nitrogens with zero attached hydrogens (tertiary/aromatic N) is 1. The number of carbonyl (C=O) groups is 2. The van der Waals surface area contributed by atoms with Gasteiger partial charge in [-0.1, -0.05) is 47.1 Å². The smallest absolute Gasteiger partial charge is 0.228 e. The number of allylic oxidation sites excluding steroid dienone is 2. The van der Waals surface area contributed by atoms with Gasteiger partial charge in [0.1, 0.15) is 6.07 Å². The molecule has 0 aromatic carbocycles. The van der Waals surface area contributed by atoms with Crippen LogP contribution in [0.15, 0.2) is 11.6 Å². The van der Waals surface area contributed by atoms with Gasteiger partial charge < -0.3 is 0 Å². The summed E-state index contributed by atoms with van der Waals surface area (Å²) in [6, 6.07) is 2.25. The molecule has 0 aliphatic heterocycles. The molecule has 8 atom stereocenters. The lowest BCUT2D eigenvalue weighted by Gasteiger charge is -2.71. The molecule has 0 aromatic rings. The Kier molecular flexibility index (Phi) is 4.75. The highest BCUT2D eigenvalue weighted by Gasteiger charge is 2.70. The van der Waals surface area contributed by atoms with Gasteiger partial charge in [-0.25, -0.2) is 0 Å². The molecule has 0 amide bonds. The van der Waals surface area contributed by atoms with Crippen molar-refractivity contribution in [2.75, 3.05) is 0 Å². The third kappa shape index (κ3) is 2.44. The number of rotatable bonds is 1. The Balaban J connectivity index is 1.60. The lowest BCUT2D eigenvalue weighted by molar-refractivity contribution is -0.213. The van der Waals surface area contributed by atoms with Crippen molar-refractivity contribution in [2.45, 2.75) is 92.4 Å². The van der Waals surface area contributed by atoms with Crippen LogP contribution in [0.2, 0.25) is 0 Å². The molecule has 4 heteroatoms. The van der Waals surface area contributed by atoms with Crippen molar-refractivity contribution in [1.29, 1.82) is 5.26 Å². The van der Waals surface area contributed by atoms with Crippen molar-refractivity contribution < 1.29 is 9.59 Å². The van der Waals surface area contributed by atoms with Crippen LogP contribution in [0.5, 0.6) is 0 Å². The van der Waals surface area contributed by atoms with Crippen LogP contribution in [0.1, 0.15) is 92.4 Å². The van der Waals surface area contributed by atoms with Gasteiger partial charge in [-0.15, -0.1) is 0 Å². The molecule has 0 bridgehead atoms. The van der Waals surface area contributed by atoms with E-state index >= 15 is 0 Å². The third-order valence-corrected chi connectivity index (χ3v) is 12.6. The second-order valence-corrected chi connectivity index (χ2v) is 13.5. The predicted molar refractivity (Wildman–Crippen MR) is 126 cm³/mol. The number of halogens is 1. The van der Waals surface area contributed by atoms with Crippen molar-refractivity contribution in [3.63, 3.8) is 0 Å². The summed E-state index contributed by atoms with van der Waals surface area (Å²) in [7, 11) is 0. The summed E-state index contributed by atoms with van der Waals surface area (Å²) < 4.78 is 0. The van der Waals surface area contributed by atoms with Gasteiger partial charge >= 0.3 is 0 Å². The number of carbonyl (C=O) groups excluding carboxylic acids is 2. The molecular weight excluding hydrogens is 418 g/mol. The molecule has 0 N–H and O–H groups in total. The molecule has 0 saturated heterocycles. The molecule has 5 aliphatic rings. The number of hydrogen-bond acceptors (Lipinski definition) is 3. The van der Waals surface area contributed by atoms with Crippen molar-refractivity contribution in [3.8, 4) is 6.07 Å². The normalized spacial score (nSPS) is 51.4. The van der Waals surface area contributed by atoms with Crippen LogP contribution in [-0.4, -0.2) is 11.0 Å². The summed E-state index contributed by atoms with van der Waals surface area (Å²) in [5.41, 5.74) is -0.249. The van der Waals surface area contributed by atoms with E-state index in [-0.39, 0.29) is 38.6 Å². The molecule has 3 nitrogen and oxygen atoms in total. The summed E-state index contributed by atoms with van der Waals surface area (Å²) in [4.78, 5) is 25.7. The second-order valence-electron chi connectivity index (χ2n) is 13.2. The fourth-order valence-corrected chi connectivity index (χ4v) is 10.8. The quantitative estimate of drug-likeness (QED) is 0.406. The molecule has 32 heavy (non-hydrogen) atoms. The van der Waals surface area contributed by atoms with Crippen molar-refractivity contribution in [2.24, 2.45) is 50.7 Å². The number of nitriles is 1. The van der Waals surface area contributed by atoms with Gasteiger partial charge in [0.15, 0.2) is 5.78 Å². The molecule has 5 rings (SSSR count). The Hall–Kier alpha value is -1.14. The molecular formula is C28H38ClNO2. The first kappa shape index (κ1) is 22.6. The summed E-state index contributed by atoms with van der Waals surface area (Å²) in [6.07, 6.45) is 11.7. The van der Waals surface area contributed by atoms with Crippen LogP contribution in [0.25, 0.3) is 0 Å². The molecule has 5 aliphatic carbocycles. The average Bonchev–Trinajstić information content (AvgIpc) is 3.17.